The maximum Gasteiger partial charge on any atom is 0.246 e. The highest BCUT2D eigenvalue weighted by Crippen LogP contribution is 2.30. The number of nitrogens with one attached hydrogen (secondary N) is 3. The molecule has 2 aliphatic heterocycles. The Morgan fingerprint density at radius 1 is 0.674 bits per heavy atom. The number of ketones is 1. The Labute approximate surface area is 285 Å². The number of hydrogen-bond acceptors (Lipinski definition) is 6. The topological polar surface area (TPSA) is 111 Å². The quantitative estimate of drug-likeness (QED) is 0.117. The van der Waals surface area contributed by atoms with Gasteiger partial charge in [0.05, 0.1) is 0 Å². The van der Waals surface area contributed by atoms with Crippen LogP contribution in [0.25, 0.3) is 0 Å². The van der Waals surface area contributed by atoms with Gasteiger partial charge in [-0.05, 0) is 118 Å². The zero-order valence-electron chi connectivity index (χ0n) is 30.7. The van der Waals surface area contributed by atoms with E-state index in [1.165, 1.54) is 57.3 Å². The predicted octanol–water partition coefficient (Wildman–Crippen LogP) is 6.36. The van der Waals surface area contributed by atoms with Crippen molar-refractivity contribution in [2.24, 2.45) is 11.8 Å². The molecule has 3 N–H and O–H groups in total. The SMILES string of the molecule is CC(C)NC(=O)/C=C/C(=O)N1CCC(CC2CCN(C(C)C)CC2)CC1.CC(C)NCCCCCCC(=O)CCC(=O)NC(C)C.[HH].[HH].[HH]. The van der Waals surface area contributed by atoms with Crippen molar-refractivity contribution in [1.29, 1.82) is 0 Å². The van der Waals surface area contributed by atoms with Gasteiger partial charge in [0.25, 0.3) is 0 Å². The van der Waals surface area contributed by atoms with Gasteiger partial charge in [-0.3, -0.25) is 19.2 Å². The molecule has 3 amide bonds. The van der Waals surface area contributed by atoms with Gasteiger partial charge in [-0.25, -0.2) is 0 Å². The van der Waals surface area contributed by atoms with E-state index in [1.54, 1.807) is 0 Å². The van der Waals surface area contributed by atoms with Crippen LogP contribution >= 0.6 is 0 Å². The van der Waals surface area contributed by atoms with Gasteiger partial charge in [0.15, 0.2) is 0 Å². The fourth-order valence-electron chi connectivity index (χ4n) is 6.11. The molecule has 0 aromatic rings. The summed E-state index contributed by atoms with van der Waals surface area (Å²) in [7, 11) is 0. The molecule has 0 spiro atoms. The van der Waals surface area contributed by atoms with Crippen molar-refractivity contribution >= 4 is 23.5 Å². The van der Waals surface area contributed by atoms with Crippen molar-refractivity contribution in [2.75, 3.05) is 32.7 Å². The number of unbranched alkanes of at least 4 members (excludes halogenated alkanes) is 3. The number of carbonyl (C=O) groups is 4. The lowest BCUT2D eigenvalue weighted by Gasteiger charge is -2.38. The van der Waals surface area contributed by atoms with E-state index in [0.717, 1.165) is 57.2 Å². The number of rotatable bonds is 18. The minimum absolute atomic E-state index is 0. The molecule has 0 aliphatic carbocycles. The van der Waals surface area contributed by atoms with Crippen LogP contribution in [-0.4, -0.2) is 90.2 Å². The monoisotopic (exact) mass is 654 g/mol. The molecule has 2 heterocycles. The van der Waals surface area contributed by atoms with Crippen LogP contribution in [0.4, 0.5) is 0 Å². The van der Waals surface area contributed by atoms with E-state index in [1.807, 2.05) is 32.6 Å². The Morgan fingerprint density at radius 2 is 1.24 bits per heavy atom. The molecule has 0 aromatic heterocycles. The summed E-state index contributed by atoms with van der Waals surface area (Å²) in [5.74, 6) is 1.57. The number of carbonyl (C=O) groups excluding carboxylic acids is 4. The standard InChI is InChI=1S/C21H37N3O2.C16H32N2O2.3H2/c1-16(2)22-20(25)5-6-21(26)24-13-9-19(10-14-24)15-18-7-11-23(12-8-18)17(3)4;1-13(2)17-12-8-6-5-7-9-15(19)10-11-16(20)18-14(3)4;;;/h5-6,16-19H,7-15H2,1-4H3,(H,22,25);13-14,17H,5-12H2,1-4H3,(H,18,20);3*1H/b6-5+;;;;. The first-order valence-electron chi connectivity index (χ1n) is 18.3. The molecule has 0 radical (unpaired) electrons. The van der Waals surface area contributed by atoms with Crippen LogP contribution in [0.15, 0.2) is 12.2 Å². The minimum Gasteiger partial charge on any atom is -0.354 e. The fourth-order valence-corrected chi connectivity index (χ4v) is 6.11. The second-order valence-electron chi connectivity index (χ2n) is 14.6. The molecule has 2 saturated heterocycles. The number of hydrogen-bond donors (Lipinski definition) is 3. The second kappa shape index (κ2) is 24.0. The Bertz CT molecular complexity index is 918. The van der Waals surface area contributed by atoms with Crippen LogP contribution in [0, 0.1) is 11.8 Å². The summed E-state index contributed by atoms with van der Waals surface area (Å²) in [6.45, 7) is 21.7. The molecule has 0 saturated carbocycles. The maximum absolute atomic E-state index is 12.2. The van der Waals surface area contributed by atoms with Gasteiger partial charge in [-0.2, -0.15) is 0 Å². The lowest BCUT2D eigenvalue weighted by atomic mass is 9.82. The van der Waals surface area contributed by atoms with Gasteiger partial charge in [-0.15, -0.1) is 0 Å². The van der Waals surface area contributed by atoms with E-state index in [9.17, 15) is 19.2 Å². The predicted molar refractivity (Wildman–Crippen MR) is 196 cm³/mol. The number of amides is 3. The molecule has 2 rings (SSSR count). The van der Waals surface area contributed by atoms with Crippen molar-refractivity contribution in [3.05, 3.63) is 12.2 Å². The molecular weight excluding hydrogens is 578 g/mol. The fraction of sp³-hybridized carbons (Fsp3) is 0.838. The van der Waals surface area contributed by atoms with E-state index in [4.69, 9.17) is 0 Å². The molecule has 0 unspecified atom stereocenters. The summed E-state index contributed by atoms with van der Waals surface area (Å²) < 4.78 is 0. The van der Waals surface area contributed by atoms with E-state index >= 15 is 0 Å². The Hall–Kier alpha value is -2.26. The molecule has 2 fully saturated rings. The average molecular weight is 654 g/mol. The van der Waals surface area contributed by atoms with E-state index < -0.39 is 0 Å². The van der Waals surface area contributed by atoms with E-state index in [0.29, 0.717) is 31.3 Å². The first kappa shape index (κ1) is 41.8. The normalized spacial score (nSPS) is 16.7. The highest BCUT2D eigenvalue weighted by molar-refractivity contribution is 5.96. The van der Waals surface area contributed by atoms with E-state index in [-0.39, 0.29) is 39.9 Å². The third-order valence-electron chi connectivity index (χ3n) is 8.80. The molecule has 9 nitrogen and oxygen atoms in total. The highest BCUT2D eigenvalue weighted by Gasteiger charge is 2.27. The molecule has 46 heavy (non-hydrogen) atoms. The summed E-state index contributed by atoms with van der Waals surface area (Å²) in [5.41, 5.74) is 0. The van der Waals surface area contributed by atoms with Gasteiger partial charge in [0, 0.05) is 73.0 Å². The van der Waals surface area contributed by atoms with Crippen LogP contribution < -0.4 is 16.0 Å². The Morgan fingerprint density at radius 3 is 1.78 bits per heavy atom. The molecule has 272 valence electrons. The lowest BCUT2D eigenvalue weighted by Crippen LogP contribution is -2.40. The third-order valence-corrected chi connectivity index (χ3v) is 8.80. The van der Waals surface area contributed by atoms with Gasteiger partial charge >= 0.3 is 0 Å². The number of Topliss-reactive ketones (excluding diaryl/α,β-unsaturated/α-hetero) is 1. The smallest absolute Gasteiger partial charge is 0.246 e. The minimum atomic E-state index is -0.198. The number of nitrogens with zero attached hydrogens (tertiary/aromatic N) is 2. The molecule has 0 aromatic carbocycles. The van der Waals surface area contributed by atoms with Gasteiger partial charge in [0.2, 0.25) is 17.7 Å². The first-order chi connectivity index (χ1) is 21.8. The summed E-state index contributed by atoms with van der Waals surface area (Å²) in [4.78, 5) is 51.3. The number of likely N-dealkylation sites (tertiary alicyclic amines) is 2. The van der Waals surface area contributed by atoms with Crippen LogP contribution in [0.1, 0.15) is 137 Å². The van der Waals surface area contributed by atoms with Crippen LogP contribution in [-0.2, 0) is 19.2 Å². The van der Waals surface area contributed by atoms with Crippen molar-refractivity contribution < 1.29 is 23.5 Å². The number of piperidine rings is 2. The third kappa shape index (κ3) is 20.8. The highest BCUT2D eigenvalue weighted by atomic mass is 16.2. The second-order valence-corrected chi connectivity index (χ2v) is 14.6. The van der Waals surface area contributed by atoms with Crippen molar-refractivity contribution in [3.8, 4) is 0 Å². The van der Waals surface area contributed by atoms with Crippen LogP contribution in [0.2, 0.25) is 0 Å². The largest absolute Gasteiger partial charge is 0.354 e. The van der Waals surface area contributed by atoms with Gasteiger partial charge < -0.3 is 25.8 Å². The summed E-state index contributed by atoms with van der Waals surface area (Å²) >= 11 is 0. The zero-order chi connectivity index (χ0) is 34.5. The molecular formula is C37H75N5O4. The van der Waals surface area contributed by atoms with Crippen molar-refractivity contribution in [1.82, 2.24) is 25.8 Å². The van der Waals surface area contributed by atoms with Crippen LogP contribution in [0.5, 0.6) is 0 Å². The summed E-state index contributed by atoms with van der Waals surface area (Å²) in [6, 6.07) is 1.46. The molecule has 0 bridgehead atoms. The van der Waals surface area contributed by atoms with Crippen molar-refractivity contribution in [3.63, 3.8) is 0 Å². The molecule has 0 atom stereocenters. The lowest BCUT2D eigenvalue weighted by molar-refractivity contribution is -0.128. The average Bonchev–Trinajstić information content (AvgIpc) is 2.98. The Balaban J connectivity index is -0.000000841. The maximum atomic E-state index is 12.2. The molecule has 9 heteroatoms. The van der Waals surface area contributed by atoms with Gasteiger partial charge in [0.1, 0.15) is 5.78 Å². The Kier molecular flexibility index (Phi) is 21.8. The van der Waals surface area contributed by atoms with E-state index in [2.05, 4.69) is 48.5 Å². The van der Waals surface area contributed by atoms with Gasteiger partial charge in [-0.1, -0.05) is 26.7 Å². The first-order valence-corrected chi connectivity index (χ1v) is 18.3. The van der Waals surface area contributed by atoms with Crippen LogP contribution in [0.3, 0.4) is 0 Å². The zero-order valence-corrected chi connectivity index (χ0v) is 30.7. The molecule has 2 aliphatic rings. The summed E-state index contributed by atoms with van der Waals surface area (Å²) in [5, 5.41) is 8.95. The van der Waals surface area contributed by atoms with Crippen molar-refractivity contribution in [2.45, 2.75) is 157 Å². The summed E-state index contributed by atoms with van der Waals surface area (Å²) in [6.07, 6.45) is 14.7.